The summed E-state index contributed by atoms with van der Waals surface area (Å²) in [5, 5.41) is 18.5. The van der Waals surface area contributed by atoms with Gasteiger partial charge in [-0.3, -0.25) is 4.52 Å². The van der Waals surface area contributed by atoms with Crippen molar-refractivity contribution < 1.29 is 18.8 Å². The highest BCUT2D eigenvalue weighted by Gasteiger charge is 2.22. The van der Waals surface area contributed by atoms with E-state index in [-0.39, 0.29) is 17.5 Å². The molecule has 0 N–H and O–H groups in total. The highest BCUT2D eigenvalue weighted by atomic mass is 32.2. The van der Waals surface area contributed by atoms with Crippen LogP contribution in [0.3, 0.4) is 0 Å². The van der Waals surface area contributed by atoms with Crippen LogP contribution >= 0.6 is 11.8 Å². The monoisotopic (exact) mass is 359 g/mol. The number of oxazole rings is 1. The van der Waals surface area contributed by atoms with Gasteiger partial charge in [-0.25, -0.2) is 9.98 Å². The van der Waals surface area contributed by atoms with Gasteiger partial charge in [-0.1, -0.05) is 23.9 Å². The molecule has 9 heteroatoms. The van der Waals surface area contributed by atoms with Crippen molar-refractivity contribution in [1.29, 1.82) is 0 Å². The Morgan fingerprint density at radius 1 is 1.28 bits per heavy atom. The number of piperidine rings is 1. The van der Waals surface area contributed by atoms with Gasteiger partial charge in [0.15, 0.2) is 5.58 Å². The van der Waals surface area contributed by atoms with Crippen molar-refractivity contribution in [2.24, 2.45) is 4.99 Å². The van der Waals surface area contributed by atoms with E-state index in [0.29, 0.717) is 10.8 Å². The summed E-state index contributed by atoms with van der Waals surface area (Å²) in [5.41, 5.74) is 1.47. The van der Waals surface area contributed by atoms with E-state index in [2.05, 4.69) is 20.3 Å². The molecule has 4 rings (SSSR count). The molecule has 1 aliphatic rings. The van der Waals surface area contributed by atoms with Crippen LogP contribution < -0.4 is 14.9 Å². The summed E-state index contributed by atoms with van der Waals surface area (Å²) in [6.07, 6.45) is 5.13. The summed E-state index contributed by atoms with van der Waals surface area (Å²) in [4.78, 5) is 9.87. The Hall–Kier alpha value is -2.55. The van der Waals surface area contributed by atoms with Gasteiger partial charge < -0.3 is 9.52 Å². The predicted octanol–water partition coefficient (Wildman–Crippen LogP) is 1.41. The molecule has 1 fully saturated rings. The number of aromatic nitrogens is 3. The van der Waals surface area contributed by atoms with Crippen molar-refractivity contribution in [2.45, 2.75) is 24.5 Å². The number of hydrogen-bond donors (Lipinski definition) is 0. The van der Waals surface area contributed by atoms with Crippen LogP contribution in [0.5, 0.6) is 0 Å². The van der Waals surface area contributed by atoms with Crippen molar-refractivity contribution in [3.63, 3.8) is 0 Å². The van der Waals surface area contributed by atoms with Crippen LogP contribution in [0.15, 0.2) is 49.6 Å². The Labute approximate surface area is 148 Å². The SMILES string of the molecule is [O-]/C(CSc1nc2ccccc2o1)=N\c1c[n+](N2CCCCC2)no1. The molecule has 1 aliphatic heterocycles. The topological polar surface area (TPSA) is 94.6 Å². The fraction of sp³-hybridized carbons (Fsp3) is 0.375. The lowest BCUT2D eigenvalue weighted by atomic mass is 10.2. The van der Waals surface area contributed by atoms with E-state index in [1.807, 2.05) is 24.3 Å². The normalized spacial score (nSPS) is 15.8. The smallest absolute Gasteiger partial charge is 0.324 e. The number of nitrogens with zero attached hydrogens (tertiary/aromatic N) is 5. The first-order valence-corrected chi connectivity index (χ1v) is 9.13. The highest BCUT2D eigenvalue weighted by Crippen LogP contribution is 2.23. The Morgan fingerprint density at radius 3 is 2.96 bits per heavy atom. The number of rotatable bonds is 5. The maximum atomic E-state index is 12.0. The second-order valence-corrected chi connectivity index (χ2v) is 6.64. The molecule has 3 heterocycles. The number of hydrogen-bond acceptors (Lipinski definition) is 8. The van der Waals surface area contributed by atoms with Crippen LogP contribution in [0.2, 0.25) is 0 Å². The van der Waals surface area contributed by atoms with Gasteiger partial charge in [0, 0.05) is 5.75 Å². The third-order valence-corrected chi connectivity index (χ3v) is 4.71. The minimum Gasteiger partial charge on any atom is -0.861 e. The van der Waals surface area contributed by atoms with E-state index in [4.69, 9.17) is 8.94 Å². The molecule has 0 atom stereocenters. The molecule has 2 aromatic heterocycles. The molecule has 0 aliphatic carbocycles. The van der Waals surface area contributed by atoms with Gasteiger partial charge in [-0.15, -0.1) is 0 Å². The fourth-order valence-electron chi connectivity index (χ4n) is 2.69. The van der Waals surface area contributed by atoms with Crippen molar-refractivity contribution in [2.75, 3.05) is 23.9 Å². The first-order chi connectivity index (χ1) is 12.3. The summed E-state index contributed by atoms with van der Waals surface area (Å²) in [6.45, 7) is 1.86. The zero-order chi connectivity index (χ0) is 17.1. The van der Waals surface area contributed by atoms with Crippen LogP contribution in [0.25, 0.3) is 11.1 Å². The molecular formula is C16H17N5O3S. The number of para-hydroxylation sites is 2. The Bertz CT molecular complexity index is 852. The molecule has 1 saturated heterocycles. The minimum absolute atomic E-state index is 0.122. The van der Waals surface area contributed by atoms with Gasteiger partial charge in [0.05, 0.1) is 17.9 Å². The van der Waals surface area contributed by atoms with E-state index >= 15 is 0 Å². The van der Waals surface area contributed by atoms with E-state index < -0.39 is 0 Å². The third kappa shape index (κ3) is 3.76. The number of thioether (sulfide) groups is 1. The van der Waals surface area contributed by atoms with E-state index in [1.54, 1.807) is 11.0 Å². The second kappa shape index (κ2) is 7.14. The van der Waals surface area contributed by atoms with Gasteiger partial charge in [-0.2, -0.15) is 5.01 Å². The first kappa shape index (κ1) is 15.9. The summed E-state index contributed by atoms with van der Waals surface area (Å²) >= 11 is 1.21. The standard InChI is InChI=1S/C16H17N5O3S/c22-14(11-25-16-17-12-6-2-3-7-13(12)23-16)18-15-10-21(19-24-15)20-8-4-1-5-9-20/h2-3,6-7,10H,1,4-5,8-9,11H2. The summed E-state index contributed by atoms with van der Waals surface area (Å²) in [5.74, 6) is -0.0000206. The molecule has 0 bridgehead atoms. The maximum Gasteiger partial charge on any atom is 0.324 e. The molecule has 0 amide bonds. The number of aliphatic imine (C=N–C) groups is 1. The summed E-state index contributed by atoms with van der Waals surface area (Å²) < 4.78 is 10.7. The lowest BCUT2D eigenvalue weighted by Gasteiger charge is -2.17. The van der Waals surface area contributed by atoms with Crippen LogP contribution in [-0.4, -0.2) is 35.0 Å². The maximum absolute atomic E-state index is 12.0. The van der Waals surface area contributed by atoms with Gasteiger partial charge in [-0.05, 0) is 37.3 Å². The van der Waals surface area contributed by atoms with Gasteiger partial charge in [0.2, 0.25) is 5.27 Å². The summed E-state index contributed by atoms with van der Waals surface area (Å²) in [6, 6.07) is 7.47. The van der Waals surface area contributed by atoms with Gasteiger partial charge >= 0.3 is 5.88 Å². The molecule has 25 heavy (non-hydrogen) atoms. The lowest BCUT2D eigenvalue weighted by molar-refractivity contribution is -0.759. The van der Waals surface area contributed by atoms with Crippen LogP contribution in [0.4, 0.5) is 5.88 Å². The van der Waals surface area contributed by atoms with E-state index in [0.717, 1.165) is 31.4 Å². The Morgan fingerprint density at radius 2 is 2.12 bits per heavy atom. The van der Waals surface area contributed by atoms with Crippen LogP contribution in [0, 0.1) is 0 Å². The van der Waals surface area contributed by atoms with E-state index in [9.17, 15) is 5.11 Å². The molecule has 8 nitrogen and oxygen atoms in total. The number of fused-ring (bicyclic) bond motifs is 1. The average Bonchev–Trinajstić information content (AvgIpc) is 3.27. The average molecular weight is 359 g/mol. The Kier molecular flexibility index (Phi) is 4.55. The zero-order valence-electron chi connectivity index (χ0n) is 13.5. The molecule has 130 valence electrons. The van der Waals surface area contributed by atoms with Crippen molar-refractivity contribution in [3.8, 4) is 0 Å². The molecule has 0 radical (unpaired) electrons. The first-order valence-electron chi connectivity index (χ1n) is 8.15. The summed E-state index contributed by atoms with van der Waals surface area (Å²) in [7, 11) is 0. The molecular weight excluding hydrogens is 342 g/mol. The van der Waals surface area contributed by atoms with E-state index in [1.165, 1.54) is 18.2 Å². The molecule has 1 aromatic carbocycles. The van der Waals surface area contributed by atoms with Gasteiger partial charge in [0.25, 0.3) is 11.4 Å². The van der Waals surface area contributed by atoms with Crippen molar-refractivity contribution in [3.05, 3.63) is 30.5 Å². The predicted molar refractivity (Wildman–Crippen MR) is 90.3 cm³/mol. The third-order valence-electron chi connectivity index (χ3n) is 3.89. The lowest BCUT2D eigenvalue weighted by Crippen LogP contribution is -2.60. The van der Waals surface area contributed by atoms with Crippen LogP contribution in [0.1, 0.15) is 19.3 Å². The van der Waals surface area contributed by atoms with Crippen LogP contribution in [-0.2, 0) is 0 Å². The molecule has 0 unspecified atom stereocenters. The fourth-order valence-corrected chi connectivity index (χ4v) is 3.31. The second-order valence-electron chi connectivity index (χ2n) is 5.72. The highest BCUT2D eigenvalue weighted by molar-refractivity contribution is 7.99. The largest absolute Gasteiger partial charge is 0.861 e. The molecule has 3 aromatic rings. The quantitative estimate of drug-likeness (QED) is 0.294. The molecule has 0 saturated carbocycles. The zero-order valence-corrected chi connectivity index (χ0v) is 14.3. The minimum atomic E-state index is -0.325. The van der Waals surface area contributed by atoms with Crippen molar-refractivity contribution in [1.82, 2.24) is 10.3 Å². The molecule has 0 spiro atoms. The number of benzene rings is 1. The Balaban J connectivity index is 1.38. The van der Waals surface area contributed by atoms with Crippen molar-refractivity contribution >= 4 is 34.6 Å². The van der Waals surface area contributed by atoms with Gasteiger partial charge in [0.1, 0.15) is 5.52 Å².